The van der Waals surface area contributed by atoms with Crippen LogP contribution in [-0.4, -0.2) is 62.7 Å². The van der Waals surface area contributed by atoms with Crippen molar-refractivity contribution in [3.8, 4) is 16.9 Å². The van der Waals surface area contributed by atoms with E-state index in [2.05, 4.69) is 9.88 Å². The summed E-state index contributed by atoms with van der Waals surface area (Å²) in [5.74, 6) is -0.400. The number of piperidine rings is 1. The van der Waals surface area contributed by atoms with Crippen molar-refractivity contribution < 1.29 is 23.4 Å². The molecule has 232 valence electrons. The molecule has 1 atom stereocenters. The van der Waals surface area contributed by atoms with Gasteiger partial charge >= 0.3 is 5.97 Å². The van der Waals surface area contributed by atoms with Gasteiger partial charge in [-0.25, -0.2) is 18.6 Å². The van der Waals surface area contributed by atoms with E-state index < -0.39 is 18.3 Å². The van der Waals surface area contributed by atoms with Crippen molar-refractivity contribution in [1.29, 1.82) is 0 Å². The number of benzene rings is 1. The number of carboxylic acids is 1. The molecule has 3 aromatic heterocycles. The maximum Gasteiger partial charge on any atom is 0.338 e. The summed E-state index contributed by atoms with van der Waals surface area (Å²) in [5, 5.41) is 11.7. The van der Waals surface area contributed by atoms with Crippen molar-refractivity contribution in [2.45, 2.75) is 65.0 Å². The van der Waals surface area contributed by atoms with E-state index >= 15 is 0 Å². The van der Waals surface area contributed by atoms with Gasteiger partial charge in [-0.3, -0.25) is 14.3 Å². The Morgan fingerprint density at radius 3 is 2.66 bits per heavy atom. The predicted octanol–water partition coefficient (Wildman–Crippen LogP) is 6.40. The number of aromatic nitrogens is 3. The molecule has 4 aromatic rings. The highest BCUT2D eigenvalue weighted by Crippen LogP contribution is 2.40. The fraction of sp³-hybridized carbons (Fsp3) is 0.438. The zero-order chi connectivity index (χ0) is 31.1. The number of nitrogens with zero attached hydrogens (tertiary/aromatic N) is 4. The van der Waals surface area contributed by atoms with Crippen molar-refractivity contribution in [3.63, 3.8) is 0 Å². The number of halogens is 3. The summed E-state index contributed by atoms with van der Waals surface area (Å²) in [6.07, 6.45) is 0.829. The number of pyridine rings is 1. The van der Waals surface area contributed by atoms with Gasteiger partial charge in [-0.05, 0) is 83.3 Å². The molecule has 1 aliphatic heterocycles. The van der Waals surface area contributed by atoms with Crippen molar-refractivity contribution in [2.75, 3.05) is 19.7 Å². The van der Waals surface area contributed by atoms with Crippen LogP contribution < -0.4 is 10.3 Å². The molecule has 1 saturated heterocycles. The molecule has 2 aliphatic rings. The molecule has 1 N–H and O–H groups in total. The first-order chi connectivity index (χ1) is 21.1. The number of carbonyl (C=O) groups is 1. The van der Waals surface area contributed by atoms with Crippen LogP contribution in [0.1, 0.15) is 52.4 Å². The molecule has 0 saturated carbocycles. The fourth-order valence-corrected chi connectivity index (χ4v) is 7.68. The lowest BCUT2D eigenvalue weighted by atomic mass is 9.88. The van der Waals surface area contributed by atoms with Gasteiger partial charge in [-0.2, -0.15) is 0 Å². The summed E-state index contributed by atoms with van der Waals surface area (Å²) in [6.45, 7) is 5.37. The lowest BCUT2D eigenvalue weighted by Crippen LogP contribution is -2.47. The maximum atomic E-state index is 13.7. The van der Waals surface area contributed by atoms with Gasteiger partial charge in [0, 0.05) is 44.7 Å². The first kappa shape index (κ1) is 30.6. The number of ether oxygens (including phenoxy) is 1. The lowest BCUT2D eigenvalue weighted by Gasteiger charge is -2.39. The third kappa shape index (κ3) is 5.97. The van der Waals surface area contributed by atoms with Gasteiger partial charge in [-0.15, -0.1) is 11.3 Å². The molecule has 12 heteroatoms. The van der Waals surface area contributed by atoms with E-state index in [-0.39, 0.29) is 30.3 Å². The number of alkyl halides is 2. The number of carboxylic acid groups (broad SMARTS) is 1. The van der Waals surface area contributed by atoms with Crippen LogP contribution in [0.3, 0.4) is 0 Å². The van der Waals surface area contributed by atoms with Crippen molar-refractivity contribution in [2.24, 2.45) is 5.92 Å². The van der Waals surface area contributed by atoms with Gasteiger partial charge < -0.3 is 14.7 Å². The molecular formula is C32H33ClF2N4O4S. The largest absolute Gasteiger partial charge is 0.491 e. The van der Waals surface area contributed by atoms with Crippen LogP contribution in [0.15, 0.2) is 34.4 Å². The van der Waals surface area contributed by atoms with Gasteiger partial charge in [0.25, 0.3) is 5.56 Å². The topological polar surface area (TPSA) is 97.6 Å². The summed E-state index contributed by atoms with van der Waals surface area (Å²) in [4.78, 5) is 37.0. The van der Waals surface area contributed by atoms with Crippen LogP contribution in [0.4, 0.5) is 8.78 Å². The smallest absolute Gasteiger partial charge is 0.338 e. The number of hydrogen-bond donors (Lipinski definition) is 1. The SMILES string of the molecule is Cc1cc(-c2cc(Cl)ccc2OCCn2c(C)nc3c(c2=O)CC(N2CCC(C(F)F)CC2)CC3)c2scc(C(=O)O)c2n1. The number of aromatic carboxylic acids is 1. The molecule has 1 aromatic carbocycles. The van der Waals surface area contributed by atoms with Crippen molar-refractivity contribution in [3.05, 3.63) is 73.4 Å². The monoisotopic (exact) mass is 642 g/mol. The second-order valence-electron chi connectivity index (χ2n) is 11.6. The highest BCUT2D eigenvalue weighted by Gasteiger charge is 2.33. The Balaban J connectivity index is 1.21. The number of thiophene rings is 1. The second-order valence-corrected chi connectivity index (χ2v) is 12.9. The Bertz CT molecular complexity index is 1780. The number of likely N-dealkylation sites (tertiary alicyclic amines) is 1. The molecule has 0 spiro atoms. The molecule has 0 radical (unpaired) electrons. The molecule has 1 unspecified atom stereocenters. The summed E-state index contributed by atoms with van der Waals surface area (Å²) >= 11 is 7.69. The Kier molecular flexibility index (Phi) is 8.72. The van der Waals surface area contributed by atoms with Crippen molar-refractivity contribution in [1.82, 2.24) is 19.4 Å². The summed E-state index contributed by atoms with van der Waals surface area (Å²) in [7, 11) is 0. The molecule has 44 heavy (non-hydrogen) atoms. The van der Waals surface area contributed by atoms with Crippen LogP contribution in [0.5, 0.6) is 5.75 Å². The van der Waals surface area contributed by atoms with Crippen molar-refractivity contribution >= 4 is 39.1 Å². The predicted molar refractivity (Wildman–Crippen MR) is 167 cm³/mol. The summed E-state index contributed by atoms with van der Waals surface area (Å²) < 4.78 is 34.9. The normalized spacial score (nSPS) is 17.7. The van der Waals surface area contributed by atoms with Gasteiger partial charge in [0.15, 0.2) is 0 Å². The molecule has 4 heterocycles. The number of fused-ring (bicyclic) bond motifs is 2. The zero-order valence-corrected chi connectivity index (χ0v) is 26.1. The van der Waals surface area contributed by atoms with E-state index in [9.17, 15) is 23.5 Å². The number of hydrogen-bond acceptors (Lipinski definition) is 7. The Morgan fingerprint density at radius 1 is 1.16 bits per heavy atom. The molecule has 6 rings (SSSR count). The van der Waals surface area contributed by atoms with Gasteiger partial charge in [0.05, 0.1) is 28.0 Å². The quantitative estimate of drug-likeness (QED) is 0.237. The molecule has 1 aliphatic carbocycles. The van der Waals surface area contributed by atoms with Crippen LogP contribution in [0.2, 0.25) is 5.02 Å². The standard InChI is InChI=1S/C32H33ClF2N4O4S/c1-17-13-23(29-28(36-17)25(16-44-29)32(41)42)22-14-20(33)3-6-27(22)43-12-11-39-18(2)37-26-5-4-21(15-24(26)31(39)40)38-9-7-19(8-10-38)30(34)35/h3,6,13-14,16,19,21,30H,4-5,7-12,15H2,1-2H3,(H,41,42). The van der Waals surface area contributed by atoms with E-state index in [0.29, 0.717) is 77.7 Å². The zero-order valence-electron chi connectivity index (χ0n) is 24.5. The first-order valence-corrected chi connectivity index (χ1v) is 16.0. The van der Waals surface area contributed by atoms with Crippen LogP contribution in [0.25, 0.3) is 21.3 Å². The third-order valence-electron chi connectivity index (χ3n) is 8.83. The van der Waals surface area contributed by atoms with Crippen LogP contribution >= 0.6 is 22.9 Å². The van der Waals surface area contributed by atoms with Gasteiger partial charge in [0.1, 0.15) is 18.2 Å². The molecule has 8 nitrogen and oxygen atoms in total. The van der Waals surface area contributed by atoms with Crippen LogP contribution in [0, 0.1) is 19.8 Å². The summed E-state index contributed by atoms with van der Waals surface area (Å²) in [5.41, 5.74) is 4.17. The fourth-order valence-electron chi connectivity index (χ4n) is 6.50. The lowest BCUT2D eigenvalue weighted by molar-refractivity contribution is 0.0224. The highest BCUT2D eigenvalue weighted by atomic mass is 35.5. The minimum atomic E-state index is -2.27. The minimum absolute atomic E-state index is 0.0779. The molecule has 0 bridgehead atoms. The van der Waals surface area contributed by atoms with E-state index in [1.807, 2.05) is 19.9 Å². The van der Waals surface area contributed by atoms with Gasteiger partial charge in [-0.1, -0.05) is 11.6 Å². The average Bonchev–Trinajstić information content (AvgIpc) is 3.43. The Morgan fingerprint density at radius 2 is 1.93 bits per heavy atom. The number of rotatable bonds is 8. The minimum Gasteiger partial charge on any atom is -0.491 e. The Labute approximate surface area is 262 Å². The molecular weight excluding hydrogens is 610 g/mol. The van der Waals surface area contributed by atoms with E-state index in [0.717, 1.165) is 22.4 Å². The number of aryl methyl sites for hydroxylation is 3. The molecule has 0 amide bonds. The van der Waals surface area contributed by atoms with E-state index in [1.54, 1.807) is 28.1 Å². The Hall–Kier alpha value is -3.41. The second kappa shape index (κ2) is 12.5. The van der Waals surface area contributed by atoms with Gasteiger partial charge in [0.2, 0.25) is 6.43 Å². The summed E-state index contributed by atoms with van der Waals surface area (Å²) in [6, 6.07) is 7.32. The van der Waals surface area contributed by atoms with Crippen LogP contribution in [-0.2, 0) is 19.4 Å². The van der Waals surface area contributed by atoms with E-state index in [4.69, 9.17) is 21.3 Å². The van der Waals surface area contributed by atoms with E-state index in [1.165, 1.54) is 11.3 Å². The third-order valence-corrected chi connectivity index (χ3v) is 10.1. The maximum absolute atomic E-state index is 13.7. The first-order valence-electron chi connectivity index (χ1n) is 14.8. The highest BCUT2D eigenvalue weighted by molar-refractivity contribution is 7.18. The average molecular weight is 643 g/mol. The molecule has 1 fully saturated rings.